The Kier molecular flexibility index (Phi) is 8.21. The van der Waals surface area contributed by atoms with Gasteiger partial charge in [0.05, 0.1) is 12.4 Å². The van der Waals surface area contributed by atoms with Gasteiger partial charge in [-0.3, -0.25) is 4.90 Å². The molecule has 0 bridgehead atoms. The smallest absolute Gasteiger partial charge is 0.0918 e. The van der Waals surface area contributed by atoms with Gasteiger partial charge in [0, 0.05) is 31.0 Å². The Morgan fingerprint density at radius 2 is 1.53 bits per heavy atom. The van der Waals surface area contributed by atoms with Gasteiger partial charge in [0.2, 0.25) is 0 Å². The zero-order chi connectivity index (χ0) is 21.2. The van der Waals surface area contributed by atoms with Crippen molar-refractivity contribution >= 4 is 5.69 Å². The number of hydrogen-bond acceptors (Lipinski definition) is 5. The average Bonchev–Trinajstić information content (AvgIpc) is 2.77. The van der Waals surface area contributed by atoms with Gasteiger partial charge in [-0.2, -0.15) is 0 Å². The zero-order valence-electron chi connectivity index (χ0n) is 17.9. The van der Waals surface area contributed by atoms with E-state index in [9.17, 15) is 0 Å². The molecule has 2 aromatic rings. The number of piperidine rings is 1. The first-order chi connectivity index (χ1) is 14.6. The quantitative estimate of drug-likeness (QED) is 0.429. The fourth-order valence-electron chi connectivity index (χ4n) is 3.62. The maximum absolute atomic E-state index is 5.72. The average molecular weight is 406 g/mol. The number of nitrogens with two attached hydrogens (primary N) is 1. The molecule has 2 aromatic carbocycles. The Morgan fingerprint density at radius 1 is 0.833 bits per heavy atom. The number of likely N-dealkylation sites (tertiary alicyclic amines) is 1. The van der Waals surface area contributed by atoms with E-state index in [0.29, 0.717) is 13.1 Å². The second-order valence-electron chi connectivity index (χ2n) is 8.04. The van der Waals surface area contributed by atoms with Crippen LogP contribution in [0.5, 0.6) is 0 Å². The molecule has 5 N–H and O–H groups in total. The van der Waals surface area contributed by atoms with Crippen LogP contribution in [0.15, 0.2) is 73.2 Å². The molecule has 0 aliphatic carbocycles. The van der Waals surface area contributed by atoms with Crippen LogP contribution in [0.3, 0.4) is 0 Å². The van der Waals surface area contributed by atoms with E-state index < -0.39 is 0 Å². The molecule has 0 amide bonds. The highest BCUT2D eigenvalue weighted by Crippen LogP contribution is 2.14. The summed E-state index contributed by atoms with van der Waals surface area (Å²) >= 11 is 0. The first kappa shape index (κ1) is 21.8. The molecule has 3 rings (SSSR count). The molecule has 5 nitrogen and oxygen atoms in total. The third-order valence-electron chi connectivity index (χ3n) is 5.39. The number of rotatable bonds is 11. The molecule has 160 valence electrons. The summed E-state index contributed by atoms with van der Waals surface area (Å²) in [4.78, 5) is 2.56. The molecule has 0 radical (unpaired) electrons. The van der Waals surface area contributed by atoms with Crippen LogP contribution in [0, 0.1) is 0 Å². The highest BCUT2D eigenvalue weighted by molar-refractivity contribution is 5.39. The lowest BCUT2D eigenvalue weighted by molar-refractivity contribution is 0.221. The summed E-state index contributed by atoms with van der Waals surface area (Å²) in [5.41, 5.74) is 11.3. The van der Waals surface area contributed by atoms with Crippen molar-refractivity contribution in [3.8, 4) is 0 Å². The van der Waals surface area contributed by atoms with Crippen LogP contribution >= 0.6 is 0 Å². The lowest BCUT2D eigenvalue weighted by Crippen LogP contribution is -2.30. The molecule has 0 unspecified atom stereocenters. The van der Waals surface area contributed by atoms with E-state index in [1.807, 2.05) is 24.3 Å². The minimum atomic E-state index is 0.626. The molecule has 0 saturated carbocycles. The Hall–Kier alpha value is -2.92. The summed E-state index contributed by atoms with van der Waals surface area (Å²) in [6.07, 6.45) is 4.03. The molecule has 0 spiro atoms. The van der Waals surface area contributed by atoms with E-state index in [4.69, 9.17) is 5.73 Å². The first-order valence-corrected chi connectivity index (χ1v) is 10.8. The minimum absolute atomic E-state index is 0.626. The van der Waals surface area contributed by atoms with Crippen LogP contribution in [0.2, 0.25) is 0 Å². The molecule has 1 aliphatic rings. The highest BCUT2D eigenvalue weighted by Gasteiger charge is 2.10. The number of hydrogen-bond donors (Lipinski definition) is 4. The maximum Gasteiger partial charge on any atom is 0.0918 e. The van der Waals surface area contributed by atoms with Crippen molar-refractivity contribution in [3.63, 3.8) is 0 Å². The van der Waals surface area contributed by atoms with Crippen LogP contribution in [0.4, 0.5) is 5.69 Å². The van der Waals surface area contributed by atoms with Crippen molar-refractivity contribution in [1.29, 1.82) is 0 Å². The van der Waals surface area contributed by atoms with Gasteiger partial charge in [0.1, 0.15) is 0 Å². The maximum atomic E-state index is 5.72. The lowest BCUT2D eigenvalue weighted by Gasteiger charge is -2.26. The van der Waals surface area contributed by atoms with Crippen LogP contribution in [0.1, 0.15) is 36.0 Å². The summed E-state index contributed by atoms with van der Waals surface area (Å²) in [5, 5.41) is 9.95. The van der Waals surface area contributed by atoms with Gasteiger partial charge in [-0.25, -0.2) is 0 Å². The van der Waals surface area contributed by atoms with Gasteiger partial charge in [0.15, 0.2) is 0 Å². The van der Waals surface area contributed by atoms with Gasteiger partial charge >= 0.3 is 0 Å². The van der Waals surface area contributed by atoms with E-state index in [1.54, 1.807) is 0 Å². The fraction of sp³-hybridized carbons (Fsp3) is 0.360. The Labute approximate surface area is 181 Å². The Balaban J connectivity index is 1.35. The van der Waals surface area contributed by atoms with Gasteiger partial charge in [-0.1, -0.05) is 56.0 Å². The predicted octanol–water partition coefficient (Wildman–Crippen LogP) is 3.71. The highest BCUT2D eigenvalue weighted by atomic mass is 15.1. The number of nitrogen functional groups attached to an aromatic ring is 1. The van der Waals surface area contributed by atoms with Crippen molar-refractivity contribution in [1.82, 2.24) is 20.9 Å². The third kappa shape index (κ3) is 7.48. The van der Waals surface area contributed by atoms with Gasteiger partial charge in [0.25, 0.3) is 0 Å². The van der Waals surface area contributed by atoms with Gasteiger partial charge in [-0.05, 0) is 54.8 Å². The van der Waals surface area contributed by atoms with Gasteiger partial charge in [-0.15, -0.1) is 0 Å². The summed E-state index contributed by atoms with van der Waals surface area (Å²) < 4.78 is 0. The van der Waals surface area contributed by atoms with Crippen molar-refractivity contribution in [2.45, 2.75) is 38.9 Å². The van der Waals surface area contributed by atoms with Crippen LogP contribution in [-0.4, -0.2) is 24.5 Å². The van der Waals surface area contributed by atoms with Crippen molar-refractivity contribution in [3.05, 3.63) is 89.9 Å². The van der Waals surface area contributed by atoms with Crippen LogP contribution in [-0.2, 0) is 19.6 Å². The zero-order valence-corrected chi connectivity index (χ0v) is 17.9. The van der Waals surface area contributed by atoms with Crippen molar-refractivity contribution in [2.75, 3.05) is 25.4 Å². The summed E-state index contributed by atoms with van der Waals surface area (Å²) in [6, 6.07) is 16.7. The van der Waals surface area contributed by atoms with E-state index in [1.165, 1.54) is 43.5 Å². The summed E-state index contributed by atoms with van der Waals surface area (Å²) in [6.45, 7) is 13.8. The summed E-state index contributed by atoms with van der Waals surface area (Å²) in [7, 11) is 0. The standard InChI is InChI=1S/C25H35N5/c1-20(16-28-21(2)29-17-22-9-11-25(26)12-10-22)27-18-23-7-6-8-24(15-23)19-30-13-4-3-5-14-30/h6-12,15,27-29H,1-5,13-14,16-19,26H2. The molecular weight excluding hydrogens is 370 g/mol. The molecule has 5 heteroatoms. The Bertz CT molecular complexity index is 822. The molecule has 30 heavy (non-hydrogen) atoms. The van der Waals surface area contributed by atoms with E-state index in [0.717, 1.165) is 35.9 Å². The molecule has 0 atom stereocenters. The fourth-order valence-corrected chi connectivity index (χ4v) is 3.62. The molecule has 1 saturated heterocycles. The largest absolute Gasteiger partial charge is 0.399 e. The van der Waals surface area contributed by atoms with Crippen molar-refractivity contribution < 1.29 is 0 Å². The van der Waals surface area contributed by atoms with Crippen LogP contribution < -0.4 is 21.7 Å². The molecule has 1 heterocycles. The second-order valence-corrected chi connectivity index (χ2v) is 8.04. The Morgan fingerprint density at radius 3 is 2.30 bits per heavy atom. The predicted molar refractivity (Wildman–Crippen MR) is 126 cm³/mol. The molecule has 1 fully saturated rings. The monoisotopic (exact) mass is 405 g/mol. The van der Waals surface area contributed by atoms with E-state index in [-0.39, 0.29) is 0 Å². The van der Waals surface area contributed by atoms with E-state index >= 15 is 0 Å². The topological polar surface area (TPSA) is 65.3 Å². The number of anilines is 1. The minimum Gasteiger partial charge on any atom is -0.399 e. The van der Waals surface area contributed by atoms with Gasteiger partial charge < -0.3 is 21.7 Å². The first-order valence-electron chi connectivity index (χ1n) is 10.8. The number of benzene rings is 2. The number of nitrogens with zero attached hydrogens (tertiary/aromatic N) is 1. The molecular formula is C25H35N5. The van der Waals surface area contributed by atoms with Crippen LogP contribution in [0.25, 0.3) is 0 Å². The molecule has 1 aliphatic heterocycles. The summed E-state index contributed by atoms with van der Waals surface area (Å²) in [5.74, 6) is 0.776. The SMILES string of the molecule is C=C(CNC(=C)NCc1ccc(N)cc1)NCc1cccc(CN2CCCCC2)c1. The third-order valence-corrected chi connectivity index (χ3v) is 5.39. The van der Waals surface area contributed by atoms with E-state index in [2.05, 4.69) is 58.3 Å². The second kappa shape index (κ2) is 11.3. The lowest BCUT2D eigenvalue weighted by atomic mass is 10.1. The number of nitrogens with one attached hydrogen (secondary N) is 3. The molecule has 0 aromatic heterocycles. The van der Waals surface area contributed by atoms with Crippen molar-refractivity contribution in [2.24, 2.45) is 0 Å². The normalized spacial score (nSPS) is 14.1.